The molecule has 0 saturated carbocycles. The average molecular weight is 250 g/mol. The van der Waals surface area contributed by atoms with Gasteiger partial charge in [0.1, 0.15) is 0 Å². The van der Waals surface area contributed by atoms with Gasteiger partial charge in [-0.3, -0.25) is 9.59 Å². The average Bonchev–Trinajstić information content (AvgIpc) is 2.31. The SMILES string of the molecule is CCOC(=O)CCNc1ccc(N)c(C(C)=O)c1. The van der Waals surface area contributed by atoms with Crippen LogP contribution in [-0.2, 0) is 9.53 Å². The minimum atomic E-state index is -0.243. The number of benzene rings is 1. The van der Waals surface area contributed by atoms with Crippen LogP contribution < -0.4 is 11.1 Å². The van der Waals surface area contributed by atoms with Crippen molar-refractivity contribution in [2.75, 3.05) is 24.2 Å². The standard InChI is InChI=1S/C13H18N2O3/c1-3-18-13(17)6-7-15-10-4-5-12(14)11(8-10)9(2)16/h4-5,8,15H,3,6-7,14H2,1-2H3. The molecule has 0 unspecified atom stereocenters. The van der Waals surface area contributed by atoms with Crippen LogP contribution in [0.2, 0.25) is 0 Å². The summed E-state index contributed by atoms with van der Waals surface area (Å²) >= 11 is 0. The van der Waals surface area contributed by atoms with E-state index in [2.05, 4.69) is 5.32 Å². The van der Waals surface area contributed by atoms with Gasteiger partial charge in [-0.25, -0.2) is 0 Å². The molecule has 0 amide bonds. The first-order valence-electron chi connectivity index (χ1n) is 5.84. The van der Waals surface area contributed by atoms with Crippen LogP contribution in [0.1, 0.15) is 30.6 Å². The first-order valence-corrected chi connectivity index (χ1v) is 5.84. The number of hydrogen-bond donors (Lipinski definition) is 2. The molecule has 3 N–H and O–H groups in total. The summed E-state index contributed by atoms with van der Waals surface area (Å²) in [5, 5.41) is 3.05. The Morgan fingerprint density at radius 2 is 2.11 bits per heavy atom. The number of anilines is 2. The molecule has 0 bridgehead atoms. The summed E-state index contributed by atoms with van der Waals surface area (Å²) in [5.41, 5.74) is 7.39. The van der Waals surface area contributed by atoms with Crippen molar-refractivity contribution in [3.63, 3.8) is 0 Å². The van der Waals surface area contributed by atoms with Gasteiger partial charge in [0.2, 0.25) is 0 Å². The van der Waals surface area contributed by atoms with E-state index in [1.54, 1.807) is 25.1 Å². The molecule has 1 aromatic rings. The second-order valence-electron chi connectivity index (χ2n) is 3.84. The minimum absolute atomic E-state index is 0.0819. The summed E-state index contributed by atoms with van der Waals surface area (Å²) in [6.45, 7) is 4.08. The van der Waals surface area contributed by atoms with Crippen molar-refractivity contribution in [1.82, 2.24) is 0 Å². The highest BCUT2D eigenvalue weighted by Crippen LogP contribution is 2.18. The molecular weight excluding hydrogens is 232 g/mol. The van der Waals surface area contributed by atoms with Gasteiger partial charge in [-0.05, 0) is 32.0 Å². The highest BCUT2D eigenvalue weighted by Gasteiger charge is 2.06. The van der Waals surface area contributed by atoms with E-state index in [-0.39, 0.29) is 18.2 Å². The lowest BCUT2D eigenvalue weighted by atomic mass is 10.1. The van der Waals surface area contributed by atoms with Gasteiger partial charge in [0.05, 0.1) is 13.0 Å². The second kappa shape index (κ2) is 6.64. The Bertz CT molecular complexity index is 444. The number of ketones is 1. The molecule has 0 radical (unpaired) electrons. The topological polar surface area (TPSA) is 81.4 Å². The molecule has 0 fully saturated rings. The molecule has 0 saturated heterocycles. The molecule has 0 aromatic heterocycles. The smallest absolute Gasteiger partial charge is 0.307 e. The zero-order chi connectivity index (χ0) is 13.5. The van der Waals surface area contributed by atoms with Gasteiger partial charge in [-0.2, -0.15) is 0 Å². The fourth-order valence-corrected chi connectivity index (χ4v) is 1.51. The molecule has 1 aromatic carbocycles. The number of rotatable bonds is 6. The van der Waals surface area contributed by atoms with E-state index in [0.717, 1.165) is 5.69 Å². The molecule has 5 heteroatoms. The van der Waals surface area contributed by atoms with Crippen molar-refractivity contribution in [2.45, 2.75) is 20.3 Å². The Balaban J connectivity index is 2.55. The van der Waals surface area contributed by atoms with Crippen LogP contribution in [0.5, 0.6) is 0 Å². The number of carbonyl (C=O) groups is 2. The number of carbonyl (C=O) groups excluding carboxylic acids is 2. The zero-order valence-corrected chi connectivity index (χ0v) is 10.7. The quantitative estimate of drug-likeness (QED) is 0.457. The normalized spacial score (nSPS) is 9.89. The number of nitrogens with two attached hydrogens (primary N) is 1. The van der Waals surface area contributed by atoms with Gasteiger partial charge in [0, 0.05) is 23.5 Å². The fraction of sp³-hybridized carbons (Fsp3) is 0.385. The van der Waals surface area contributed by atoms with E-state index in [1.807, 2.05) is 0 Å². The van der Waals surface area contributed by atoms with Gasteiger partial charge in [-0.15, -0.1) is 0 Å². The third kappa shape index (κ3) is 4.08. The van der Waals surface area contributed by atoms with E-state index < -0.39 is 0 Å². The van der Waals surface area contributed by atoms with E-state index in [9.17, 15) is 9.59 Å². The molecule has 0 aliphatic carbocycles. The lowest BCUT2D eigenvalue weighted by Crippen LogP contribution is -2.11. The first kappa shape index (κ1) is 14.0. The van der Waals surface area contributed by atoms with E-state index in [1.165, 1.54) is 6.92 Å². The van der Waals surface area contributed by atoms with Crippen LogP contribution >= 0.6 is 0 Å². The molecule has 0 atom stereocenters. The van der Waals surface area contributed by atoms with Crippen LogP contribution in [0, 0.1) is 0 Å². The minimum Gasteiger partial charge on any atom is -0.466 e. The Labute approximate surface area is 106 Å². The number of ether oxygens (including phenoxy) is 1. The van der Waals surface area contributed by atoms with Crippen molar-refractivity contribution in [3.05, 3.63) is 23.8 Å². The molecule has 0 spiro atoms. The molecule has 1 rings (SSSR count). The van der Waals surface area contributed by atoms with Crippen LogP contribution in [-0.4, -0.2) is 24.9 Å². The number of nitrogens with one attached hydrogen (secondary N) is 1. The van der Waals surface area contributed by atoms with Gasteiger partial charge in [-0.1, -0.05) is 0 Å². The molecule has 5 nitrogen and oxygen atoms in total. The number of esters is 1. The van der Waals surface area contributed by atoms with Gasteiger partial charge in [0.25, 0.3) is 0 Å². The third-order valence-electron chi connectivity index (χ3n) is 2.40. The Kier molecular flexibility index (Phi) is 5.17. The first-order chi connectivity index (χ1) is 8.54. The predicted molar refractivity (Wildman–Crippen MR) is 70.6 cm³/mol. The lowest BCUT2D eigenvalue weighted by Gasteiger charge is -2.09. The highest BCUT2D eigenvalue weighted by atomic mass is 16.5. The van der Waals surface area contributed by atoms with E-state index in [4.69, 9.17) is 10.5 Å². The summed E-state index contributed by atoms with van der Waals surface area (Å²) < 4.78 is 4.81. The fourth-order valence-electron chi connectivity index (χ4n) is 1.51. The largest absolute Gasteiger partial charge is 0.466 e. The van der Waals surface area contributed by atoms with Crippen LogP contribution in [0.15, 0.2) is 18.2 Å². The van der Waals surface area contributed by atoms with Crippen molar-refractivity contribution < 1.29 is 14.3 Å². The van der Waals surface area contributed by atoms with Crippen molar-refractivity contribution in [3.8, 4) is 0 Å². The van der Waals surface area contributed by atoms with Crippen molar-refractivity contribution in [2.24, 2.45) is 0 Å². The summed E-state index contributed by atoms with van der Waals surface area (Å²) in [6.07, 6.45) is 0.285. The zero-order valence-electron chi connectivity index (χ0n) is 10.7. The Morgan fingerprint density at radius 3 is 2.72 bits per heavy atom. The van der Waals surface area contributed by atoms with Crippen molar-refractivity contribution >= 4 is 23.1 Å². The molecule has 18 heavy (non-hydrogen) atoms. The third-order valence-corrected chi connectivity index (χ3v) is 2.40. The van der Waals surface area contributed by atoms with Gasteiger partial charge < -0.3 is 15.8 Å². The highest BCUT2D eigenvalue weighted by molar-refractivity contribution is 6.00. The molecule has 0 heterocycles. The maximum Gasteiger partial charge on any atom is 0.307 e. The molecule has 0 aliphatic heterocycles. The monoisotopic (exact) mass is 250 g/mol. The van der Waals surface area contributed by atoms with Crippen LogP contribution in [0.4, 0.5) is 11.4 Å². The summed E-state index contributed by atoms with van der Waals surface area (Å²) in [5.74, 6) is -0.325. The molecular formula is C13H18N2O3. The van der Waals surface area contributed by atoms with Crippen molar-refractivity contribution in [1.29, 1.82) is 0 Å². The molecule has 98 valence electrons. The summed E-state index contributed by atoms with van der Waals surface area (Å²) in [4.78, 5) is 22.4. The van der Waals surface area contributed by atoms with E-state index in [0.29, 0.717) is 24.4 Å². The maximum atomic E-state index is 11.3. The Morgan fingerprint density at radius 1 is 1.39 bits per heavy atom. The lowest BCUT2D eigenvalue weighted by molar-refractivity contribution is -0.142. The van der Waals surface area contributed by atoms with Gasteiger partial charge in [0.15, 0.2) is 5.78 Å². The number of nitrogen functional groups attached to an aromatic ring is 1. The predicted octanol–water partition coefficient (Wildman–Crippen LogP) is 1.84. The van der Waals surface area contributed by atoms with Crippen LogP contribution in [0.25, 0.3) is 0 Å². The Hall–Kier alpha value is -2.04. The van der Waals surface area contributed by atoms with E-state index >= 15 is 0 Å². The number of Topliss-reactive ketones (excluding diaryl/α,β-unsaturated/α-hetero) is 1. The second-order valence-corrected chi connectivity index (χ2v) is 3.84. The number of hydrogen-bond acceptors (Lipinski definition) is 5. The summed E-state index contributed by atoms with van der Waals surface area (Å²) in [6, 6.07) is 5.12. The van der Waals surface area contributed by atoms with Gasteiger partial charge >= 0.3 is 5.97 Å². The van der Waals surface area contributed by atoms with Crippen LogP contribution in [0.3, 0.4) is 0 Å². The molecule has 0 aliphatic rings. The summed E-state index contributed by atoms with van der Waals surface area (Å²) in [7, 11) is 0. The maximum absolute atomic E-state index is 11.3.